The van der Waals surface area contributed by atoms with Gasteiger partial charge in [0.15, 0.2) is 11.3 Å². The van der Waals surface area contributed by atoms with Crippen LogP contribution in [0, 0.1) is 11.3 Å². The number of allylic oxidation sites excluding steroid dienone is 1. The Labute approximate surface area is 175 Å². The van der Waals surface area contributed by atoms with Gasteiger partial charge in [-0.3, -0.25) is 19.2 Å². The van der Waals surface area contributed by atoms with Crippen molar-refractivity contribution in [2.75, 3.05) is 28.4 Å². The Balaban J connectivity index is 3.47. The third kappa shape index (κ3) is 5.58. The molecule has 0 heterocycles. The number of rotatable bonds is 10. The summed E-state index contributed by atoms with van der Waals surface area (Å²) in [7, 11) is 4.69. The van der Waals surface area contributed by atoms with E-state index < -0.39 is 35.2 Å². The zero-order chi connectivity index (χ0) is 22.7. The van der Waals surface area contributed by atoms with Gasteiger partial charge in [0.2, 0.25) is 0 Å². The van der Waals surface area contributed by atoms with Crippen molar-refractivity contribution in [2.24, 2.45) is 11.3 Å². The van der Waals surface area contributed by atoms with E-state index in [9.17, 15) is 19.2 Å². The number of hydrogen-bond acceptors (Lipinski definition) is 8. The van der Waals surface area contributed by atoms with E-state index in [2.05, 4.69) is 12.3 Å². The van der Waals surface area contributed by atoms with Crippen molar-refractivity contribution in [1.82, 2.24) is 0 Å². The first-order chi connectivity index (χ1) is 14.3. The van der Waals surface area contributed by atoms with Crippen LogP contribution in [0.4, 0.5) is 0 Å². The Hall–Kier alpha value is -3.38. The molecule has 0 saturated carbocycles. The standard InChI is InChI=1S/C22H26O8/c1-6-7-12-22(20(25)29-4,21(26)30-5)14-16-11-9-8-10-15(16)13-17(18(23)27-2)19(24)28-3/h7-11,17H,1,12-14H2,2-5H3. The van der Waals surface area contributed by atoms with Crippen molar-refractivity contribution in [3.8, 4) is 0 Å². The van der Waals surface area contributed by atoms with Gasteiger partial charge in [0, 0.05) is 0 Å². The molecule has 0 spiro atoms. The molecule has 30 heavy (non-hydrogen) atoms. The molecule has 0 N–H and O–H groups in total. The average Bonchev–Trinajstić information content (AvgIpc) is 2.78. The molecule has 0 bridgehead atoms. The Kier molecular flexibility index (Phi) is 9.52. The highest BCUT2D eigenvalue weighted by Gasteiger charge is 2.48. The number of benzene rings is 1. The minimum atomic E-state index is -1.68. The van der Waals surface area contributed by atoms with Crippen LogP contribution in [0.5, 0.6) is 0 Å². The first-order valence-electron chi connectivity index (χ1n) is 9.04. The van der Waals surface area contributed by atoms with Crippen LogP contribution >= 0.6 is 0 Å². The molecule has 1 rings (SSSR count). The van der Waals surface area contributed by atoms with Crippen LogP contribution < -0.4 is 0 Å². The SMILES string of the molecule is C=C=CCC(Cc1ccccc1CC(C(=O)OC)C(=O)OC)(C(=O)OC)C(=O)OC. The van der Waals surface area contributed by atoms with E-state index in [1.54, 1.807) is 24.3 Å². The molecule has 8 nitrogen and oxygen atoms in total. The lowest BCUT2D eigenvalue weighted by Crippen LogP contribution is -2.43. The minimum absolute atomic E-state index is 0.0365. The van der Waals surface area contributed by atoms with Gasteiger partial charge in [0.25, 0.3) is 0 Å². The predicted octanol–water partition coefficient (Wildman–Crippen LogP) is 1.80. The average molecular weight is 418 g/mol. The maximum Gasteiger partial charge on any atom is 0.323 e. The highest BCUT2D eigenvalue weighted by Crippen LogP contribution is 2.33. The highest BCUT2D eigenvalue weighted by atomic mass is 16.6. The summed E-state index contributed by atoms with van der Waals surface area (Å²) in [4.78, 5) is 49.4. The fourth-order valence-corrected chi connectivity index (χ4v) is 3.13. The fourth-order valence-electron chi connectivity index (χ4n) is 3.13. The highest BCUT2D eigenvalue weighted by molar-refractivity contribution is 6.00. The number of hydrogen-bond donors (Lipinski definition) is 0. The first kappa shape index (κ1) is 24.7. The van der Waals surface area contributed by atoms with Gasteiger partial charge in [-0.05, 0) is 36.5 Å². The molecule has 8 heteroatoms. The molecule has 0 fully saturated rings. The Bertz CT molecular complexity index is 803. The van der Waals surface area contributed by atoms with Gasteiger partial charge in [-0.25, -0.2) is 0 Å². The number of esters is 4. The summed E-state index contributed by atoms with van der Waals surface area (Å²) in [5.41, 5.74) is 1.99. The van der Waals surface area contributed by atoms with Gasteiger partial charge in [0.05, 0.1) is 28.4 Å². The lowest BCUT2D eigenvalue weighted by molar-refractivity contribution is -0.169. The summed E-state index contributed by atoms with van der Waals surface area (Å²) in [5.74, 6) is -4.27. The molecule has 0 atom stereocenters. The number of carbonyl (C=O) groups excluding carboxylic acids is 4. The molecule has 0 unspecified atom stereocenters. The molecule has 0 saturated heterocycles. The van der Waals surface area contributed by atoms with Crippen LogP contribution in [-0.2, 0) is 51.0 Å². The van der Waals surface area contributed by atoms with Crippen molar-refractivity contribution in [3.63, 3.8) is 0 Å². The Morgan fingerprint density at radius 1 is 0.933 bits per heavy atom. The molecule has 1 aromatic carbocycles. The smallest absolute Gasteiger partial charge is 0.323 e. The van der Waals surface area contributed by atoms with Crippen molar-refractivity contribution < 1.29 is 38.1 Å². The van der Waals surface area contributed by atoms with E-state index >= 15 is 0 Å². The van der Waals surface area contributed by atoms with E-state index in [0.717, 1.165) is 0 Å². The topological polar surface area (TPSA) is 105 Å². The third-order valence-electron chi connectivity index (χ3n) is 4.75. The van der Waals surface area contributed by atoms with Crippen molar-refractivity contribution >= 4 is 23.9 Å². The van der Waals surface area contributed by atoms with E-state index in [1.165, 1.54) is 34.5 Å². The molecule has 0 aliphatic carbocycles. The van der Waals surface area contributed by atoms with Crippen LogP contribution in [0.15, 0.2) is 42.7 Å². The molecule has 0 aliphatic heterocycles. The van der Waals surface area contributed by atoms with Crippen molar-refractivity contribution in [2.45, 2.75) is 19.3 Å². The normalized spacial score (nSPS) is 10.6. The van der Waals surface area contributed by atoms with Crippen molar-refractivity contribution in [3.05, 3.63) is 53.8 Å². The van der Waals surface area contributed by atoms with Gasteiger partial charge in [-0.1, -0.05) is 30.8 Å². The van der Waals surface area contributed by atoms with Gasteiger partial charge >= 0.3 is 23.9 Å². The summed E-state index contributed by atoms with van der Waals surface area (Å²) in [6.45, 7) is 3.47. The van der Waals surface area contributed by atoms with Gasteiger partial charge in [-0.2, -0.15) is 0 Å². The molecule has 0 aromatic heterocycles. The summed E-state index contributed by atoms with van der Waals surface area (Å²) in [6.07, 6.45) is 1.27. The van der Waals surface area contributed by atoms with Crippen LogP contribution in [0.1, 0.15) is 17.5 Å². The zero-order valence-corrected chi connectivity index (χ0v) is 17.6. The lowest BCUT2D eigenvalue weighted by atomic mass is 9.76. The second kappa shape index (κ2) is 11.6. The second-order valence-electron chi connectivity index (χ2n) is 6.43. The summed E-state index contributed by atoms with van der Waals surface area (Å²) in [6, 6.07) is 6.81. The van der Waals surface area contributed by atoms with E-state index in [-0.39, 0.29) is 19.3 Å². The van der Waals surface area contributed by atoms with Gasteiger partial charge in [-0.15, -0.1) is 5.73 Å². The van der Waals surface area contributed by atoms with Gasteiger partial charge in [0.1, 0.15) is 0 Å². The monoisotopic (exact) mass is 418 g/mol. The van der Waals surface area contributed by atoms with Crippen LogP contribution in [-0.4, -0.2) is 52.3 Å². The molecular formula is C22H26O8. The first-order valence-corrected chi connectivity index (χ1v) is 9.04. The zero-order valence-electron chi connectivity index (χ0n) is 17.6. The Morgan fingerprint density at radius 2 is 1.43 bits per heavy atom. The molecule has 0 radical (unpaired) electrons. The summed E-state index contributed by atoms with van der Waals surface area (Å²) in [5, 5.41) is 0. The number of ether oxygens (including phenoxy) is 4. The molecule has 162 valence electrons. The Morgan fingerprint density at radius 3 is 1.87 bits per heavy atom. The lowest BCUT2D eigenvalue weighted by Gasteiger charge is -2.28. The van der Waals surface area contributed by atoms with Crippen molar-refractivity contribution in [1.29, 1.82) is 0 Å². The maximum absolute atomic E-state index is 12.6. The predicted molar refractivity (Wildman–Crippen MR) is 106 cm³/mol. The number of carbonyl (C=O) groups is 4. The molecule has 1 aromatic rings. The quantitative estimate of drug-likeness (QED) is 0.245. The van der Waals surface area contributed by atoms with Crippen LogP contribution in [0.3, 0.4) is 0 Å². The molecule has 0 aliphatic rings. The summed E-state index contributed by atoms with van der Waals surface area (Å²) < 4.78 is 19.2. The second-order valence-corrected chi connectivity index (χ2v) is 6.43. The largest absolute Gasteiger partial charge is 0.468 e. The van der Waals surface area contributed by atoms with Crippen LogP contribution in [0.2, 0.25) is 0 Å². The number of methoxy groups -OCH3 is 4. The van der Waals surface area contributed by atoms with Gasteiger partial charge < -0.3 is 18.9 Å². The minimum Gasteiger partial charge on any atom is -0.468 e. The van der Waals surface area contributed by atoms with Crippen LogP contribution in [0.25, 0.3) is 0 Å². The maximum atomic E-state index is 12.6. The van der Waals surface area contributed by atoms with E-state index in [4.69, 9.17) is 18.9 Å². The molecule has 0 amide bonds. The fraction of sp³-hybridized carbons (Fsp3) is 0.409. The summed E-state index contributed by atoms with van der Waals surface area (Å²) >= 11 is 0. The third-order valence-corrected chi connectivity index (χ3v) is 4.75. The molecular weight excluding hydrogens is 392 g/mol. The van der Waals surface area contributed by atoms with E-state index in [1.807, 2.05) is 0 Å². The van der Waals surface area contributed by atoms with E-state index in [0.29, 0.717) is 11.1 Å².